The topological polar surface area (TPSA) is 49.3 Å². The molecule has 0 aromatic heterocycles. The van der Waals surface area contributed by atoms with E-state index in [9.17, 15) is 9.90 Å². The molecule has 3 atom stereocenters. The molecule has 2 N–H and O–H groups in total. The van der Waals surface area contributed by atoms with Crippen molar-refractivity contribution in [1.82, 2.24) is 5.32 Å². The van der Waals surface area contributed by atoms with E-state index < -0.39 is 0 Å². The third-order valence-corrected chi connectivity index (χ3v) is 4.37. The van der Waals surface area contributed by atoms with Crippen LogP contribution >= 0.6 is 15.9 Å². The Kier molecular flexibility index (Phi) is 5.06. The highest BCUT2D eigenvalue weighted by atomic mass is 79.9. The van der Waals surface area contributed by atoms with Crippen LogP contribution in [0.4, 0.5) is 0 Å². The molecular formula is C11H20BrNO2. The minimum absolute atomic E-state index is 0.00375. The second-order valence-corrected chi connectivity index (χ2v) is 5.60. The van der Waals surface area contributed by atoms with E-state index in [2.05, 4.69) is 21.2 Å². The molecule has 15 heavy (non-hydrogen) atoms. The zero-order chi connectivity index (χ0) is 11.4. The molecule has 1 amide bonds. The van der Waals surface area contributed by atoms with E-state index in [1.165, 1.54) is 0 Å². The monoisotopic (exact) mass is 277 g/mol. The smallest absolute Gasteiger partial charge is 0.234 e. The Morgan fingerprint density at radius 1 is 1.40 bits per heavy atom. The maximum absolute atomic E-state index is 11.7. The van der Waals surface area contributed by atoms with Crippen LogP contribution in [0, 0.1) is 5.92 Å². The second-order valence-electron chi connectivity index (χ2n) is 4.61. The molecule has 88 valence electrons. The van der Waals surface area contributed by atoms with Crippen molar-refractivity contribution in [2.75, 3.05) is 0 Å². The van der Waals surface area contributed by atoms with Gasteiger partial charge in [-0.2, -0.15) is 0 Å². The van der Waals surface area contributed by atoms with Crippen molar-refractivity contribution in [3.05, 3.63) is 0 Å². The van der Waals surface area contributed by atoms with Crippen LogP contribution < -0.4 is 5.32 Å². The van der Waals surface area contributed by atoms with Crippen molar-refractivity contribution in [2.24, 2.45) is 5.92 Å². The van der Waals surface area contributed by atoms with Gasteiger partial charge in [-0.25, -0.2) is 0 Å². The zero-order valence-corrected chi connectivity index (χ0v) is 11.0. The minimum Gasteiger partial charge on any atom is -0.391 e. The molecule has 0 aromatic carbocycles. The average molecular weight is 278 g/mol. The molecule has 0 saturated heterocycles. The lowest BCUT2D eigenvalue weighted by molar-refractivity contribution is -0.123. The molecular weight excluding hydrogens is 258 g/mol. The molecule has 1 saturated carbocycles. The van der Waals surface area contributed by atoms with E-state index in [0.717, 1.165) is 25.7 Å². The van der Waals surface area contributed by atoms with Crippen molar-refractivity contribution < 1.29 is 9.90 Å². The van der Waals surface area contributed by atoms with Gasteiger partial charge in [0.25, 0.3) is 0 Å². The number of aliphatic hydroxyl groups excluding tert-OH is 1. The molecule has 0 aromatic rings. The second kappa shape index (κ2) is 5.85. The minimum atomic E-state index is -0.366. The van der Waals surface area contributed by atoms with Gasteiger partial charge in [-0.05, 0) is 18.8 Å². The predicted molar refractivity (Wildman–Crippen MR) is 64.0 cm³/mol. The molecule has 0 heterocycles. The standard InChI is InChI=1S/C11H20BrNO2/c1-7(2)10(12)11(15)13-8-5-3-4-6-9(8)14/h7-10,14H,3-6H2,1-2H3,(H,13,15)/t8-,9-,10?/m1/s1. The third kappa shape index (κ3) is 3.76. The van der Waals surface area contributed by atoms with Crippen LogP contribution in [0.3, 0.4) is 0 Å². The third-order valence-electron chi connectivity index (χ3n) is 2.89. The molecule has 1 unspecified atom stereocenters. The fraction of sp³-hybridized carbons (Fsp3) is 0.909. The summed E-state index contributed by atoms with van der Waals surface area (Å²) in [6.07, 6.45) is 3.49. The van der Waals surface area contributed by atoms with Gasteiger partial charge in [0.2, 0.25) is 5.91 Å². The Hall–Kier alpha value is -0.0900. The lowest BCUT2D eigenvalue weighted by Gasteiger charge is -2.29. The highest BCUT2D eigenvalue weighted by molar-refractivity contribution is 9.10. The van der Waals surface area contributed by atoms with Gasteiger partial charge < -0.3 is 10.4 Å². The number of carbonyl (C=O) groups excluding carboxylic acids is 1. The van der Waals surface area contributed by atoms with Gasteiger partial charge in [0.05, 0.1) is 17.0 Å². The summed E-state index contributed by atoms with van der Waals surface area (Å²) in [5.74, 6) is 0.265. The quantitative estimate of drug-likeness (QED) is 0.774. The van der Waals surface area contributed by atoms with Crippen molar-refractivity contribution >= 4 is 21.8 Å². The first kappa shape index (κ1) is 13.0. The first-order chi connectivity index (χ1) is 7.02. The number of alkyl halides is 1. The molecule has 3 nitrogen and oxygen atoms in total. The Bertz CT molecular complexity index is 221. The van der Waals surface area contributed by atoms with Crippen LogP contribution in [0.5, 0.6) is 0 Å². The van der Waals surface area contributed by atoms with Crippen LogP contribution in [0.2, 0.25) is 0 Å². The van der Waals surface area contributed by atoms with Gasteiger partial charge in [0.15, 0.2) is 0 Å². The molecule has 1 aliphatic rings. The SMILES string of the molecule is CC(C)C(Br)C(=O)N[C@@H]1CCCC[C@H]1O. The lowest BCUT2D eigenvalue weighted by Crippen LogP contribution is -2.48. The molecule has 0 aliphatic heterocycles. The number of nitrogens with one attached hydrogen (secondary N) is 1. The Balaban J connectivity index is 2.42. The summed E-state index contributed by atoms with van der Waals surface area (Å²) in [5.41, 5.74) is 0. The molecule has 0 bridgehead atoms. The predicted octanol–water partition coefficient (Wildman–Crippen LogP) is 1.83. The molecule has 4 heteroatoms. The highest BCUT2D eigenvalue weighted by Gasteiger charge is 2.27. The zero-order valence-electron chi connectivity index (χ0n) is 9.37. The summed E-state index contributed by atoms with van der Waals surface area (Å²) in [4.78, 5) is 11.6. The maximum atomic E-state index is 11.7. The summed E-state index contributed by atoms with van der Waals surface area (Å²) in [5, 5.41) is 12.6. The summed E-state index contributed by atoms with van der Waals surface area (Å²) in [6, 6.07) is -0.0509. The Labute approximate surface area is 99.8 Å². The normalized spacial score (nSPS) is 28.9. The van der Waals surface area contributed by atoms with Gasteiger partial charge in [-0.15, -0.1) is 0 Å². The number of halogens is 1. The maximum Gasteiger partial charge on any atom is 0.234 e. The van der Waals surface area contributed by atoms with Gasteiger partial charge in [-0.1, -0.05) is 42.6 Å². The van der Waals surface area contributed by atoms with Crippen molar-refractivity contribution in [2.45, 2.75) is 56.5 Å². The van der Waals surface area contributed by atoms with E-state index in [0.29, 0.717) is 0 Å². The van der Waals surface area contributed by atoms with E-state index in [-0.39, 0.29) is 28.8 Å². The van der Waals surface area contributed by atoms with Gasteiger partial charge >= 0.3 is 0 Å². The number of hydrogen-bond donors (Lipinski definition) is 2. The summed E-state index contributed by atoms with van der Waals surface area (Å²) >= 11 is 3.36. The molecule has 0 radical (unpaired) electrons. The first-order valence-corrected chi connectivity index (χ1v) is 6.56. The number of rotatable bonds is 3. The fourth-order valence-corrected chi connectivity index (χ4v) is 1.98. The van der Waals surface area contributed by atoms with Crippen LogP contribution in [-0.2, 0) is 4.79 Å². The summed E-state index contributed by atoms with van der Waals surface area (Å²) in [7, 11) is 0. The number of aliphatic hydroxyl groups is 1. The van der Waals surface area contributed by atoms with Crippen molar-refractivity contribution in [3.8, 4) is 0 Å². The molecule has 0 spiro atoms. The number of amides is 1. The highest BCUT2D eigenvalue weighted by Crippen LogP contribution is 2.19. The Morgan fingerprint density at radius 3 is 2.53 bits per heavy atom. The van der Waals surface area contributed by atoms with E-state index in [4.69, 9.17) is 0 Å². The van der Waals surface area contributed by atoms with Crippen LogP contribution in [0.15, 0.2) is 0 Å². The summed E-state index contributed by atoms with van der Waals surface area (Å²) in [6.45, 7) is 3.99. The largest absolute Gasteiger partial charge is 0.391 e. The first-order valence-electron chi connectivity index (χ1n) is 5.65. The van der Waals surface area contributed by atoms with Crippen LogP contribution in [-0.4, -0.2) is 28.0 Å². The molecule has 1 rings (SSSR count). The van der Waals surface area contributed by atoms with Gasteiger partial charge in [-0.3, -0.25) is 4.79 Å². The molecule has 1 fully saturated rings. The van der Waals surface area contributed by atoms with Crippen LogP contribution in [0.25, 0.3) is 0 Å². The van der Waals surface area contributed by atoms with Gasteiger partial charge in [0, 0.05) is 0 Å². The van der Waals surface area contributed by atoms with E-state index in [1.807, 2.05) is 13.8 Å². The van der Waals surface area contributed by atoms with E-state index >= 15 is 0 Å². The number of hydrogen-bond acceptors (Lipinski definition) is 2. The van der Waals surface area contributed by atoms with Crippen LogP contribution in [0.1, 0.15) is 39.5 Å². The average Bonchev–Trinajstić information content (AvgIpc) is 2.20. The van der Waals surface area contributed by atoms with Gasteiger partial charge in [0.1, 0.15) is 0 Å². The Morgan fingerprint density at radius 2 is 2.00 bits per heavy atom. The lowest BCUT2D eigenvalue weighted by atomic mass is 9.92. The summed E-state index contributed by atoms with van der Waals surface area (Å²) < 4.78 is 0. The molecule has 1 aliphatic carbocycles. The van der Waals surface area contributed by atoms with Crippen molar-refractivity contribution in [3.63, 3.8) is 0 Å². The fourth-order valence-electron chi connectivity index (χ4n) is 1.84. The van der Waals surface area contributed by atoms with Crippen molar-refractivity contribution in [1.29, 1.82) is 0 Å². The number of carbonyl (C=O) groups is 1. The van der Waals surface area contributed by atoms with E-state index in [1.54, 1.807) is 0 Å².